The SMILES string of the molecule is COc1ccc(S(=O)(=O)N(CC(=O)N(Cc2cccc(Cl)c2)C(C)C(=O)NC(C)C)c2cccc(Cl)c2)cc1. The first-order valence-corrected chi connectivity index (χ1v) is 14.4. The van der Waals surface area contributed by atoms with E-state index in [9.17, 15) is 18.0 Å². The van der Waals surface area contributed by atoms with E-state index in [1.165, 1.54) is 42.3 Å². The standard InChI is InChI=1S/C28H31Cl2N3O5S/c1-19(2)31-28(35)20(3)32(17-21-7-5-8-22(29)15-21)27(34)18-33(24-10-6-9-23(30)16-24)39(36,37)26-13-11-25(38-4)12-14-26/h5-16,19-20H,17-18H2,1-4H3,(H,31,35). The van der Waals surface area contributed by atoms with Crippen molar-refractivity contribution in [3.63, 3.8) is 0 Å². The molecule has 0 saturated heterocycles. The number of nitrogens with one attached hydrogen (secondary N) is 1. The van der Waals surface area contributed by atoms with E-state index in [2.05, 4.69) is 5.32 Å². The maximum absolute atomic E-state index is 13.9. The van der Waals surface area contributed by atoms with Crippen molar-refractivity contribution in [1.29, 1.82) is 0 Å². The van der Waals surface area contributed by atoms with Crippen molar-refractivity contribution < 1.29 is 22.7 Å². The van der Waals surface area contributed by atoms with Crippen molar-refractivity contribution >= 4 is 50.7 Å². The van der Waals surface area contributed by atoms with E-state index >= 15 is 0 Å². The summed E-state index contributed by atoms with van der Waals surface area (Å²) in [5, 5.41) is 3.59. The second-order valence-corrected chi connectivity index (χ2v) is 11.9. The molecule has 8 nitrogen and oxygen atoms in total. The summed E-state index contributed by atoms with van der Waals surface area (Å²) in [6.07, 6.45) is 0. The highest BCUT2D eigenvalue weighted by Crippen LogP contribution is 2.28. The minimum atomic E-state index is -4.22. The minimum Gasteiger partial charge on any atom is -0.497 e. The van der Waals surface area contributed by atoms with Gasteiger partial charge in [0.2, 0.25) is 11.8 Å². The number of amides is 2. The Morgan fingerprint density at radius 2 is 1.54 bits per heavy atom. The number of benzene rings is 3. The van der Waals surface area contributed by atoms with E-state index in [-0.39, 0.29) is 29.1 Å². The fourth-order valence-electron chi connectivity index (χ4n) is 3.85. The lowest BCUT2D eigenvalue weighted by atomic mass is 10.1. The van der Waals surface area contributed by atoms with Crippen molar-refractivity contribution in [2.24, 2.45) is 0 Å². The molecule has 1 unspecified atom stereocenters. The molecule has 11 heteroatoms. The molecule has 3 aromatic carbocycles. The fourth-order valence-corrected chi connectivity index (χ4v) is 5.66. The van der Waals surface area contributed by atoms with Gasteiger partial charge in [-0.3, -0.25) is 13.9 Å². The molecule has 1 atom stereocenters. The van der Waals surface area contributed by atoms with E-state index < -0.39 is 28.5 Å². The van der Waals surface area contributed by atoms with Gasteiger partial charge in [-0.1, -0.05) is 41.4 Å². The maximum atomic E-state index is 13.9. The molecular formula is C28H31Cl2N3O5S. The summed E-state index contributed by atoms with van der Waals surface area (Å²) in [6.45, 7) is 4.70. The van der Waals surface area contributed by atoms with Gasteiger partial charge in [-0.15, -0.1) is 0 Å². The fraction of sp³-hybridized carbons (Fsp3) is 0.286. The Hall–Kier alpha value is -3.27. The van der Waals surface area contributed by atoms with Gasteiger partial charge in [-0.05, 0) is 80.9 Å². The largest absolute Gasteiger partial charge is 0.497 e. The number of ether oxygens (including phenoxy) is 1. The third kappa shape index (κ3) is 7.88. The number of hydrogen-bond donors (Lipinski definition) is 1. The molecule has 0 aliphatic rings. The number of hydrogen-bond acceptors (Lipinski definition) is 5. The number of sulfonamides is 1. The Bertz CT molecular complexity index is 1410. The Morgan fingerprint density at radius 3 is 2.10 bits per heavy atom. The first-order chi connectivity index (χ1) is 18.4. The summed E-state index contributed by atoms with van der Waals surface area (Å²) in [4.78, 5) is 28.1. The van der Waals surface area contributed by atoms with Crippen molar-refractivity contribution in [1.82, 2.24) is 10.2 Å². The van der Waals surface area contributed by atoms with Crippen LogP contribution in [0.25, 0.3) is 0 Å². The Morgan fingerprint density at radius 1 is 0.923 bits per heavy atom. The summed E-state index contributed by atoms with van der Waals surface area (Å²) >= 11 is 12.3. The smallest absolute Gasteiger partial charge is 0.264 e. The van der Waals surface area contributed by atoms with Gasteiger partial charge >= 0.3 is 0 Å². The molecule has 3 aromatic rings. The third-order valence-electron chi connectivity index (χ3n) is 5.86. The Kier molecular flexibility index (Phi) is 10.2. The van der Waals surface area contributed by atoms with E-state index in [0.717, 1.165) is 4.31 Å². The molecular weight excluding hydrogens is 561 g/mol. The van der Waals surface area contributed by atoms with E-state index in [1.807, 2.05) is 13.8 Å². The molecule has 2 amide bonds. The average Bonchev–Trinajstić information content (AvgIpc) is 2.89. The zero-order chi connectivity index (χ0) is 28.7. The Labute approximate surface area is 239 Å². The van der Waals surface area contributed by atoms with Crippen LogP contribution < -0.4 is 14.4 Å². The molecule has 3 rings (SSSR count). The lowest BCUT2D eigenvalue weighted by Gasteiger charge is -2.32. The molecule has 0 aliphatic heterocycles. The highest BCUT2D eigenvalue weighted by molar-refractivity contribution is 7.92. The molecule has 0 heterocycles. The van der Waals surface area contributed by atoms with Crippen LogP contribution in [0.15, 0.2) is 77.7 Å². The van der Waals surface area contributed by atoms with E-state index in [4.69, 9.17) is 27.9 Å². The van der Waals surface area contributed by atoms with Crippen LogP contribution in [0.1, 0.15) is 26.3 Å². The summed E-state index contributed by atoms with van der Waals surface area (Å²) in [6, 6.07) is 17.9. The van der Waals surface area contributed by atoms with Gasteiger partial charge in [0.05, 0.1) is 17.7 Å². The summed E-state index contributed by atoms with van der Waals surface area (Å²) in [7, 11) is -2.74. The molecule has 0 radical (unpaired) electrons. The monoisotopic (exact) mass is 591 g/mol. The van der Waals surface area contributed by atoms with Gasteiger partial charge in [0.25, 0.3) is 10.0 Å². The van der Waals surface area contributed by atoms with Crippen molar-refractivity contribution in [3.8, 4) is 5.75 Å². The van der Waals surface area contributed by atoms with Crippen molar-refractivity contribution in [2.75, 3.05) is 18.0 Å². The van der Waals surface area contributed by atoms with Crippen LogP contribution in [-0.2, 0) is 26.2 Å². The molecule has 0 bridgehead atoms. The summed E-state index contributed by atoms with van der Waals surface area (Å²) < 4.78 is 33.8. The predicted molar refractivity (Wildman–Crippen MR) is 154 cm³/mol. The molecule has 0 saturated carbocycles. The van der Waals surface area contributed by atoms with Crippen LogP contribution in [-0.4, -0.2) is 50.9 Å². The van der Waals surface area contributed by atoms with Crippen molar-refractivity contribution in [3.05, 3.63) is 88.4 Å². The van der Waals surface area contributed by atoms with Gasteiger partial charge in [0.15, 0.2) is 0 Å². The molecule has 1 N–H and O–H groups in total. The lowest BCUT2D eigenvalue weighted by molar-refractivity contribution is -0.139. The van der Waals surface area contributed by atoms with Crippen LogP contribution >= 0.6 is 23.2 Å². The minimum absolute atomic E-state index is 0.0388. The number of nitrogens with zero attached hydrogens (tertiary/aromatic N) is 2. The normalized spacial score (nSPS) is 12.1. The molecule has 0 aromatic heterocycles. The third-order valence-corrected chi connectivity index (χ3v) is 8.12. The average molecular weight is 593 g/mol. The van der Waals surface area contributed by atoms with Crippen LogP contribution in [0.3, 0.4) is 0 Å². The molecule has 39 heavy (non-hydrogen) atoms. The van der Waals surface area contributed by atoms with E-state index in [0.29, 0.717) is 21.4 Å². The number of rotatable bonds is 11. The van der Waals surface area contributed by atoms with Crippen LogP contribution in [0.5, 0.6) is 5.75 Å². The lowest BCUT2D eigenvalue weighted by Crippen LogP contribution is -2.52. The van der Waals surface area contributed by atoms with Crippen LogP contribution in [0.2, 0.25) is 10.0 Å². The van der Waals surface area contributed by atoms with Gasteiger partial charge in [-0.2, -0.15) is 0 Å². The zero-order valence-corrected chi connectivity index (χ0v) is 24.4. The molecule has 0 spiro atoms. The highest BCUT2D eigenvalue weighted by Gasteiger charge is 2.32. The number of carbonyl (C=O) groups is 2. The first kappa shape index (κ1) is 30.3. The number of carbonyl (C=O) groups excluding carboxylic acids is 2. The number of methoxy groups -OCH3 is 1. The maximum Gasteiger partial charge on any atom is 0.264 e. The second-order valence-electron chi connectivity index (χ2n) is 9.16. The summed E-state index contributed by atoms with van der Waals surface area (Å²) in [5.74, 6) is -0.469. The number of halogens is 2. The molecule has 0 aliphatic carbocycles. The molecule has 208 valence electrons. The van der Waals surface area contributed by atoms with Gasteiger partial charge in [0.1, 0.15) is 18.3 Å². The van der Waals surface area contributed by atoms with Crippen LogP contribution in [0, 0.1) is 0 Å². The van der Waals surface area contributed by atoms with Crippen LogP contribution in [0.4, 0.5) is 5.69 Å². The molecule has 0 fully saturated rings. The quantitative estimate of drug-likeness (QED) is 0.333. The topological polar surface area (TPSA) is 96.0 Å². The number of anilines is 1. The Balaban J connectivity index is 2.04. The zero-order valence-electron chi connectivity index (χ0n) is 22.1. The van der Waals surface area contributed by atoms with Gasteiger partial charge < -0.3 is 15.0 Å². The van der Waals surface area contributed by atoms with Gasteiger partial charge in [-0.25, -0.2) is 8.42 Å². The second kappa shape index (κ2) is 13.2. The van der Waals surface area contributed by atoms with E-state index in [1.54, 1.807) is 49.4 Å². The predicted octanol–water partition coefficient (Wildman–Crippen LogP) is 5.14. The highest BCUT2D eigenvalue weighted by atomic mass is 35.5. The first-order valence-electron chi connectivity index (χ1n) is 12.2. The van der Waals surface area contributed by atoms with Gasteiger partial charge in [0, 0.05) is 22.6 Å². The van der Waals surface area contributed by atoms with Crippen molar-refractivity contribution in [2.45, 2.75) is 44.3 Å². The summed E-state index contributed by atoms with van der Waals surface area (Å²) in [5.41, 5.74) is 0.890.